The SMILES string of the molecule is O=C(Oc1ccccc1)/C(=C\c1nc2ccccc2n1-c1ccccc1)c1ccccc1. The van der Waals surface area contributed by atoms with Crippen molar-refractivity contribution in [2.24, 2.45) is 0 Å². The van der Waals surface area contributed by atoms with Gasteiger partial charge in [0.1, 0.15) is 11.6 Å². The lowest BCUT2D eigenvalue weighted by molar-refractivity contribution is -0.127. The maximum absolute atomic E-state index is 13.3. The summed E-state index contributed by atoms with van der Waals surface area (Å²) in [4.78, 5) is 18.1. The second-order valence-electron chi connectivity index (χ2n) is 7.26. The summed E-state index contributed by atoms with van der Waals surface area (Å²) in [6.07, 6.45) is 1.80. The van der Waals surface area contributed by atoms with Crippen molar-refractivity contribution >= 4 is 28.7 Å². The minimum atomic E-state index is -0.436. The second-order valence-corrected chi connectivity index (χ2v) is 7.26. The monoisotopic (exact) mass is 416 g/mol. The number of rotatable bonds is 5. The number of benzene rings is 4. The lowest BCUT2D eigenvalue weighted by Crippen LogP contribution is -2.11. The Balaban J connectivity index is 1.68. The van der Waals surface area contributed by atoms with Gasteiger partial charge in [-0.15, -0.1) is 0 Å². The molecule has 0 fully saturated rings. The summed E-state index contributed by atoms with van der Waals surface area (Å²) in [6, 6.07) is 36.5. The number of para-hydroxylation sites is 4. The van der Waals surface area contributed by atoms with Crippen molar-refractivity contribution in [2.75, 3.05) is 0 Å². The summed E-state index contributed by atoms with van der Waals surface area (Å²) in [5.41, 5.74) is 3.98. The molecule has 0 aliphatic rings. The van der Waals surface area contributed by atoms with Gasteiger partial charge in [-0.3, -0.25) is 4.57 Å². The third-order valence-electron chi connectivity index (χ3n) is 5.13. The fourth-order valence-electron chi connectivity index (χ4n) is 3.65. The molecule has 5 aromatic rings. The number of ether oxygens (including phenoxy) is 1. The average Bonchev–Trinajstić information content (AvgIpc) is 3.22. The molecule has 0 N–H and O–H groups in total. The Morgan fingerprint density at radius 2 is 1.31 bits per heavy atom. The molecule has 0 bridgehead atoms. The Labute approximate surface area is 186 Å². The van der Waals surface area contributed by atoms with Crippen molar-refractivity contribution in [2.45, 2.75) is 0 Å². The summed E-state index contributed by atoms with van der Waals surface area (Å²) in [5.74, 6) is 0.714. The van der Waals surface area contributed by atoms with Crippen LogP contribution >= 0.6 is 0 Å². The quantitative estimate of drug-likeness (QED) is 0.195. The molecular formula is C28H20N2O2. The molecule has 4 nitrogen and oxygen atoms in total. The maximum atomic E-state index is 13.3. The van der Waals surface area contributed by atoms with Crippen LogP contribution in [0.3, 0.4) is 0 Å². The smallest absolute Gasteiger partial charge is 0.344 e. The fraction of sp³-hybridized carbons (Fsp3) is 0. The van der Waals surface area contributed by atoms with Crippen LogP contribution in [0.2, 0.25) is 0 Å². The highest BCUT2D eigenvalue weighted by atomic mass is 16.5. The van der Waals surface area contributed by atoms with Crippen LogP contribution in [0.5, 0.6) is 5.75 Å². The first-order chi connectivity index (χ1) is 15.8. The zero-order valence-electron chi connectivity index (χ0n) is 17.3. The van der Waals surface area contributed by atoms with Crippen LogP contribution < -0.4 is 4.74 Å². The van der Waals surface area contributed by atoms with Gasteiger partial charge in [-0.1, -0.05) is 78.9 Å². The molecule has 0 radical (unpaired) electrons. The van der Waals surface area contributed by atoms with E-state index >= 15 is 0 Å². The van der Waals surface area contributed by atoms with Gasteiger partial charge in [0.2, 0.25) is 0 Å². The minimum Gasteiger partial charge on any atom is -0.423 e. The molecule has 0 unspecified atom stereocenters. The van der Waals surface area contributed by atoms with Gasteiger partial charge in [0, 0.05) is 5.69 Å². The molecule has 0 amide bonds. The summed E-state index contributed by atoms with van der Waals surface area (Å²) in [5, 5.41) is 0. The van der Waals surface area contributed by atoms with Crippen LogP contribution in [0.1, 0.15) is 11.4 Å². The molecule has 0 saturated carbocycles. The molecule has 0 aliphatic carbocycles. The van der Waals surface area contributed by atoms with Crippen molar-refractivity contribution < 1.29 is 9.53 Å². The third-order valence-corrected chi connectivity index (χ3v) is 5.13. The largest absolute Gasteiger partial charge is 0.423 e. The van der Waals surface area contributed by atoms with E-state index in [-0.39, 0.29) is 0 Å². The minimum absolute atomic E-state index is 0.432. The highest BCUT2D eigenvalue weighted by Crippen LogP contribution is 2.26. The first kappa shape index (κ1) is 19.5. The van der Waals surface area contributed by atoms with Crippen LogP contribution in [0, 0.1) is 0 Å². The number of carbonyl (C=O) groups excluding carboxylic acids is 1. The summed E-state index contributed by atoms with van der Waals surface area (Å²) >= 11 is 0. The molecule has 1 heterocycles. The van der Waals surface area contributed by atoms with Crippen LogP contribution in [0.15, 0.2) is 115 Å². The van der Waals surface area contributed by atoms with E-state index in [1.807, 2.05) is 108 Å². The van der Waals surface area contributed by atoms with E-state index in [4.69, 9.17) is 9.72 Å². The van der Waals surface area contributed by atoms with Crippen LogP contribution in [0.4, 0.5) is 0 Å². The maximum Gasteiger partial charge on any atom is 0.344 e. The number of nitrogens with zero attached hydrogens (tertiary/aromatic N) is 2. The fourth-order valence-corrected chi connectivity index (χ4v) is 3.65. The second kappa shape index (κ2) is 8.74. The number of hydrogen-bond acceptors (Lipinski definition) is 3. The van der Waals surface area contributed by atoms with Crippen LogP contribution in [-0.2, 0) is 4.79 Å². The lowest BCUT2D eigenvalue weighted by atomic mass is 10.1. The van der Waals surface area contributed by atoms with Crippen molar-refractivity contribution in [3.8, 4) is 11.4 Å². The van der Waals surface area contributed by atoms with Crippen LogP contribution in [-0.4, -0.2) is 15.5 Å². The van der Waals surface area contributed by atoms with Gasteiger partial charge < -0.3 is 4.74 Å². The standard InChI is InChI=1S/C28H20N2O2/c31-28(32-23-16-8-3-9-17-23)24(21-12-4-1-5-13-21)20-27-29-25-18-10-11-19-26(25)30(27)22-14-6-2-7-15-22/h1-20H/b24-20-. The van der Waals surface area contributed by atoms with E-state index < -0.39 is 5.97 Å². The van der Waals surface area contributed by atoms with Gasteiger partial charge >= 0.3 is 5.97 Å². The number of hydrogen-bond donors (Lipinski definition) is 0. The highest BCUT2D eigenvalue weighted by Gasteiger charge is 2.18. The lowest BCUT2D eigenvalue weighted by Gasteiger charge is -2.10. The Morgan fingerprint density at radius 3 is 2.03 bits per heavy atom. The van der Waals surface area contributed by atoms with E-state index in [1.165, 1.54) is 0 Å². The molecule has 0 aliphatic heterocycles. The Hall–Kier alpha value is -4.44. The van der Waals surface area contributed by atoms with Gasteiger partial charge in [-0.25, -0.2) is 9.78 Å². The van der Waals surface area contributed by atoms with Crippen molar-refractivity contribution in [3.63, 3.8) is 0 Å². The van der Waals surface area contributed by atoms with E-state index in [9.17, 15) is 4.79 Å². The number of fused-ring (bicyclic) bond motifs is 1. The molecule has 4 aromatic carbocycles. The predicted molar refractivity (Wildman–Crippen MR) is 127 cm³/mol. The molecule has 0 saturated heterocycles. The molecule has 4 heteroatoms. The summed E-state index contributed by atoms with van der Waals surface area (Å²) in [6.45, 7) is 0. The van der Waals surface area contributed by atoms with Gasteiger partial charge in [0.15, 0.2) is 0 Å². The number of carbonyl (C=O) groups is 1. The molecule has 0 atom stereocenters. The highest BCUT2D eigenvalue weighted by molar-refractivity contribution is 6.22. The molecule has 5 rings (SSSR count). The normalized spacial score (nSPS) is 11.4. The van der Waals surface area contributed by atoms with Crippen molar-refractivity contribution in [1.29, 1.82) is 0 Å². The van der Waals surface area contributed by atoms with E-state index in [1.54, 1.807) is 18.2 Å². The number of esters is 1. The van der Waals surface area contributed by atoms with Crippen molar-refractivity contribution in [1.82, 2.24) is 9.55 Å². The molecular weight excluding hydrogens is 396 g/mol. The average molecular weight is 416 g/mol. The first-order valence-electron chi connectivity index (χ1n) is 10.4. The first-order valence-corrected chi connectivity index (χ1v) is 10.4. The van der Waals surface area contributed by atoms with E-state index in [2.05, 4.69) is 0 Å². The van der Waals surface area contributed by atoms with E-state index in [0.717, 1.165) is 22.3 Å². The zero-order valence-corrected chi connectivity index (χ0v) is 17.3. The van der Waals surface area contributed by atoms with Gasteiger partial charge in [0.05, 0.1) is 16.6 Å². The van der Waals surface area contributed by atoms with Crippen LogP contribution in [0.25, 0.3) is 28.4 Å². The Bertz CT molecular complexity index is 1390. The number of aromatic nitrogens is 2. The number of imidazole rings is 1. The topological polar surface area (TPSA) is 44.1 Å². The van der Waals surface area contributed by atoms with Gasteiger partial charge in [-0.05, 0) is 48.0 Å². The Kier molecular flexibility index (Phi) is 5.33. The predicted octanol–water partition coefficient (Wildman–Crippen LogP) is 6.17. The van der Waals surface area contributed by atoms with Gasteiger partial charge in [-0.2, -0.15) is 0 Å². The Morgan fingerprint density at radius 1 is 0.719 bits per heavy atom. The summed E-state index contributed by atoms with van der Waals surface area (Å²) < 4.78 is 7.73. The molecule has 1 aromatic heterocycles. The van der Waals surface area contributed by atoms with E-state index in [0.29, 0.717) is 17.1 Å². The third kappa shape index (κ3) is 3.94. The van der Waals surface area contributed by atoms with Gasteiger partial charge in [0.25, 0.3) is 0 Å². The zero-order chi connectivity index (χ0) is 21.8. The summed E-state index contributed by atoms with van der Waals surface area (Å²) in [7, 11) is 0. The molecule has 0 spiro atoms. The molecule has 154 valence electrons. The molecule has 32 heavy (non-hydrogen) atoms. The van der Waals surface area contributed by atoms with Crippen molar-refractivity contribution in [3.05, 3.63) is 127 Å².